The molecule has 84 valence electrons. The van der Waals surface area contributed by atoms with Crippen molar-refractivity contribution < 1.29 is 9.32 Å². The van der Waals surface area contributed by atoms with Gasteiger partial charge in [0.2, 0.25) is 11.8 Å². The summed E-state index contributed by atoms with van der Waals surface area (Å²) in [5, 5.41) is 15.4. The van der Waals surface area contributed by atoms with Crippen molar-refractivity contribution >= 4 is 11.8 Å². The van der Waals surface area contributed by atoms with Crippen LogP contribution in [0, 0.1) is 30.6 Å². The molecule has 0 atom stereocenters. The van der Waals surface area contributed by atoms with Crippen molar-refractivity contribution in [1.82, 2.24) is 5.16 Å². The maximum absolute atomic E-state index is 11.9. The van der Waals surface area contributed by atoms with Crippen LogP contribution in [0.5, 0.6) is 0 Å². The van der Waals surface area contributed by atoms with Gasteiger partial charge in [-0.1, -0.05) is 5.16 Å². The predicted molar refractivity (Wildman–Crippen MR) is 56.5 cm³/mol. The summed E-state index contributed by atoms with van der Waals surface area (Å²) in [6.07, 6.45) is 2.18. The largest absolute Gasteiger partial charge is 0.338 e. The molecule has 5 heteroatoms. The van der Waals surface area contributed by atoms with Gasteiger partial charge in [0.05, 0.1) is 11.8 Å². The standard InChI is InChI=1S/C11H13N3O2/c1-7-8(2)14-16-9(7)13-10(15)11(6-12)4-3-5-11/h3-5H2,1-2H3,(H,13,15). The molecule has 2 rings (SSSR count). The smallest absolute Gasteiger partial charge is 0.247 e. The van der Waals surface area contributed by atoms with Gasteiger partial charge in [0.1, 0.15) is 5.41 Å². The number of aromatic nitrogens is 1. The van der Waals surface area contributed by atoms with Crippen molar-refractivity contribution in [1.29, 1.82) is 5.26 Å². The third-order valence-corrected chi connectivity index (χ3v) is 3.24. The first-order valence-corrected chi connectivity index (χ1v) is 5.25. The van der Waals surface area contributed by atoms with Gasteiger partial charge in [-0.25, -0.2) is 0 Å². The Hall–Kier alpha value is -1.83. The highest BCUT2D eigenvalue weighted by molar-refractivity contribution is 5.97. The SMILES string of the molecule is Cc1noc(NC(=O)C2(C#N)CCC2)c1C. The maximum atomic E-state index is 11.9. The van der Waals surface area contributed by atoms with Crippen LogP contribution in [0.2, 0.25) is 0 Å². The number of hydrogen-bond acceptors (Lipinski definition) is 4. The molecule has 0 aliphatic heterocycles. The Kier molecular flexibility index (Phi) is 2.43. The van der Waals surface area contributed by atoms with Crippen molar-refractivity contribution in [2.24, 2.45) is 5.41 Å². The molecule has 0 unspecified atom stereocenters. The highest BCUT2D eigenvalue weighted by Crippen LogP contribution is 2.41. The van der Waals surface area contributed by atoms with E-state index in [-0.39, 0.29) is 5.91 Å². The zero-order chi connectivity index (χ0) is 11.8. The van der Waals surface area contributed by atoms with Crippen molar-refractivity contribution in [3.8, 4) is 6.07 Å². The molecule has 5 nitrogen and oxygen atoms in total. The van der Waals surface area contributed by atoms with E-state index in [2.05, 4.69) is 16.5 Å². The molecule has 1 aliphatic carbocycles. The van der Waals surface area contributed by atoms with Crippen LogP contribution >= 0.6 is 0 Å². The topological polar surface area (TPSA) is 78.9 Å². The molecule has 16 heavy (non-hydrogen) atoms. The van der Waals surface area contributed by atoms with Crippen LogP contribution in [0.15, 0.2) is 4.52 Å². The molecule has 1 aliphatic rings. The van der Waals surface area contributed by atoms with E-state index in [0.29, 0.717) is 18.7 Å². The molecular weight excluding hydrogens is 206 g/mol. The fourth-order valence-electron chi connectivity index (χ4n) is 1.67. The Morgan fingerprint density at radius 2 is 2.25 bits per heavy atom. The summed E-state index contributed by atoms with van der Waals surface area (Å²) in [5.74, 6) is 0.0736. The lowest BCUT2D eigenvalue weighted by atomic mass is 9.69. The molecule has 1 N–H and O–H groups in total. The summed E-state index contributed by atoms with van der Waals surface area (Å²) in [4.78, 5) is 11.9. The molecule has 0 spiro atoms. The Morgan fingerprint density at radius 3 is 2.62 bits per heavy atom. The van der Waals surface area contributed by atoms with Gasteiger partial charge in [-0.15, -0.1) is 0 Å². The predicted octanol–water partition coefficient (Wildman–Crippen LogP) is 1.92. The van der Waals surface area contributed by atoms with Crippen molar-refractivity contribution in [2.75, 3.05) is 5.32 Å². The zero-order valence-electron chi connectivity index (χ0n) is 9.33. The summed E-state index contributed by atoms with van der Waals surface area (Å²) >= 11 is 0. The number of amides is 1. The number of nitrogens with one attached hydrogen (secondary N) is 1. The molecule has 1 aromatic heterocycles. The molecule has 0 saturated heterocycles. The number of anilines is 1. The molecule has 0 radical (unpaired) electrons. The van der Waals surface area contributed by atoms with Gasteiger partial charge >= 0.3 is 0 Å². The Balaban J connectivity index is 2.14. The third kappa shape index (κ3) is 1.47. The summed E-state index contributed by atoms with van der Waals surface area (Å²) in [6.45, 7) is 3.62. The third-order valence-electron chi connectivity index (χ3n) is 3.24. The van der Waals surface area contributed by atoms with E-state index in [4.69, 9.17) is 9.78 Å². The van der Waals surface area contributed by atoms with Crippen LogP contribution in [-0.2, 0) is 4.79 Å². The maximum Gasteiger partial charge on any atom is 0.247 e. The Labute approximate surface area is 93.4 Å². The van der Waals surface area contributed by atoms with Crippen LogP contribution in [-0.4, -0.2) is 11.1 Å². The van der Waals surface area contributed by atoms with E-state index in [9.17, 15) is 4.79 Å². The first-order chi connectivity index (χ1) is 7.59. The highest BCUT2D eigenvalue weighted by Gasteiger charge is 2.45. The first kappa shape index (κ1) is 10.7. The van der Waals surface area contributed by atoms with Gasteiger partial charge in [-0.2, -0.15) is 5.26 Å². The van der Waals surface area contributed by atoms with E-state index < -0.39 is 5.41 Å². The molecular formula is C11H13N3O2. The van der Waals surface area contributed by atoms with Gasteiger partial charge in [0.15, 0.2) is 0 Å². The summed E-state index contributed by atoms with van der Waals surface area (Å²) < 4.78 is 4.98. The van der Waals surface area contributed by atoms with Crippen LogP contribution in [0.4, 0.5) is 5.88 Å². The second kappa shape index (κ2) is 3.63. The minimum Gasteiger partial charge on any atom is -0.338 e. The zero-order valence-corrected chi connectivity index (χ0v) is 9.33. The normalized spacial score (nSPS) is 17.3. The van der Waals surface area contributed by atoms with Gasteiger partial charge in [0.25, 0.3) is 0 Å². The Bertz CT molecular complexity index is 466. The molecule has 0 bridgehead atoms. The molecule has 1 heterocycles. The molecule has 1 amide bonds. The average molecular weight is 219 g/mol. The number of rotatable bonds is 2. The fourth-order valence-corrected chi connectivity index (χ4v) is 1.67. The number of hydrogen-bond donors (Lipinski definition) is 1. The number of nitrogens with zero attached hydrogens (tertiary/aromatic N) is 2. The number of nitriles is 1. The number of carbonyl (C=O) groups excluding carboxylic acids is 1. The second-order valence-electron chi connectivity index (χ2n) is 4.22. The van der Waals surface area contributed by atoms with Crippen LogP contribution in [0.3, 0.4) is 0 Å². The van der Waals surface area contributed by atoms with E-state index in [1.54, 1.807) is 6.92 Å². The van der Waals surface area contributed by atoms with E-state index in [0.717, 1.165) is 17.7 Å². The summed E-state index contributed by atoms with van der Waals surface area (Å²) in [5.41, 5.74) is 0.698. The monoisotopic (exact) mass is 219 g/mol. The van der Waals surface area contributed by atoms with Crippen LogP contribution in [0.25, 0.3) is 0 Å². The van der Waals surface area contributed by atoms with Crippen LogP contribution in [0.1, 0.15) is 30.5 Å². The van der Waals surface area contributed by atoms with Crippen LogP contribution < -0.4 is 5.32 Å². The van der Waals surface area contributed by atoms with Crippen molar-refractivity contribution in [2.45, 2.75) is 33.1 Å². The van der Waals surface area contributed by atoms with Gasteiger partial charge in [-0.05, 0) is 33.1 Å². The minimum atomic E-state index is -0.854. The molecule has 1 saturated carbocycles. The Morgan fingerprint density at radius 1 is 1.56 bits per heavy atom. The van der Waals surface area contributed by atoms with Crippen molar-refractivity contribution in [3.05, 3.63) is 11.3 Å². The lowest BCUT2D eigenvalue weighted by molar-refractivity contribution is -0.126. The summed E-state index contributed by atoms with van der Waals surface area (Å²) in [6, 6.07) is 2.09. The van der Waals surface area contributed by atoms with E-state index in [1.165, 1.54) is 0 Å². The van der Waals surface area contributed by atoms with Gasteiger partial charge in [-0.3, -0.25) is 10.1 Å². The lowest BCUT2D eigenvalue weighted by Gasteiger charge is -2.32. The molecule has 1 fully saturated rings. The van der Waals surface area contributed by atoms with Crippen molar-refractivity contribution in [3.63, 3.8) is 0 Å². The second-order valence-corrected chi connectivity index (χ2v) is 4.22. The highest BCUT2D eigenvalue weighted by atomic mass is 16.5. The number of carbonyl (C=O) groups is 1. The summed E-state index contributed by atoms with van der Waals surface area (Å²) in [7, 11) is 0. The van der Waals surface area contributed by atoms with E-state index >= 15 is 0 Å². The van der Waals surface area contributed by atoms with Gasteiger partial charge < -0.3 is 4.52 Å². The van der Waals surface area contributed by atoms with E-state index in [1.807, 2.05) is 6.92 Å². The molecule has 1 aromatic rings. The molecule has 0 aromatic carbocycles. The fraction of sp³-hybridized carbons (Fsp3) is 0.545. The first-order valence-electron chi connectivity index (χ1n) is 5.25. The number of aryl methyl sites for hydroxylation is 1. The van der Waals surface area contributed by atoms with Gasteiger partial charge in [0, 0.05) is 5.56 Å². The lowest BCUT2D eigenvalue weighted by Crippen LogP contribution is -2.40. The average Bonchev–Trinajstić information content (AvgIpc) is 2.49. The quantitative estimate of drug-likeness (QED) is 0.824. The minimum absolute atomic E-state index is 0.277.